The van der Waals surface area contributed by atoms with Gasteiger partial charge in [-0.05, 0) is 46.3 Å². The van der Waals surface area contributed by atoms with Gasteiger partial charge >= 0.3 is 0 Å². The molecule has 0 N–H and O–H groups in total. The van der Waals surface area contributed by atoms with Crippen molar-refractivity contribution in [3.8, 4) is 5.75 Å². The van der Waals surface area contributed by atoms with E-state index in [4.69, 9.17) is 4.74 Å². The van der Waals surface area contributed by atoms with E-state index in [1.165, 1.54) is 0 Å². The molecule has 1 aromatic carbocycles. The van der Waals surface area contributed by atoms with Crippen LogP contribution in [0.2, 0.25) is 0 Å². The van der Waals surface area contributed by atoms with E-state index in [0.717, 1.165) is 31.9 Å². The smallest absolute Gasteiger partial charge is 0.167 e. The lowest BCUT2D eigenvalue weighted by Gasteiger charge is -2.17. The Balaban J connectivity index is 2.20. The molecule has 84 valence electrons. The summed E-state index contributed by atoms with van der Waals surface area (Å²) in [5, 5.41) is 0. The van der Waals surface area contributed by atoms with Crippen molar-refractivity contribution in [2.24, 2.45) is 4.99 Å². The van der Waals surface area contributed by atoms with E-state index < -0.39 is 0 Å². The lowest BCUT2D eigenvalue weighted by Crippen LogP contribution is -2.11. The number of rotatable bonds is 0. The number of hydrogen-bond donors (Lipinski definition) is 0. The molecule has 0 atom stereocenters. The Hall–Kier alpha value is -1.13. The van der Waals surface area contributed by atoms with Crippen LogP contribution in [-0.2, 0) is 0 Å². The summed E-state index contributed by atoms with van der Waals surface area (Å²) in [5.41, 5.74) is 1.68. The molecule has 2 aliphatic rings. The summed E-state index contributed by atoms with van der Waals surface area (Å²) >= 11 is 6.95. The van der Waals surface area contributed by atoms with Gasteiger partial charge in [0, 0.05) is 4.48 Å². The van der Waals surface area contributed by atoms with Gasteiger partial charge in [0.15, 0.2) is 11.5 Å². The Morgan fingerprint density at radius 2 is 1.88 bits per heavy atom. The van der Waals surface area contributed by atoms with Crippen LogP contribution in [0.15, 0.2) is 62.2 Å². The molecule has 2 nitrogen and oxygen atoms in total. The molecule has 1 aromatic rings. The Bertz CT molecular complexity index is 612. The Morgan fingerprint density at radius 3 is 2.76 bits per heavy atom. The van der Waals surface area contributed by atoms with Gasteiger partial charge in [0.1, 0.15) is 11.4 Å². The summed E-state index contributed by atoms with van der Waals surface area (Å²) in [6.07, 6.45) is 5.83. The number of allylic oxidation sites excluding steroid dienone is 5. The fourth-order valence-electron chi connectivity index (χ4n) is 1.66. The second kappa shape index (κ2) is 4.27. The molecule has 4 heteroatoms. The zero-order valence-corrected chi connectivity index (χ0v) is 11.8. The maximum absolute atomic E-state index is 5.86. The monoisotopic (exact) mass is 351 g/mol. The number of para-hydroxylation sites is 2. The SMILES string of the molecule is BrC1=CC(Br)=C2Oc3ccccc3N=C2C=C1. The predicted octanol–water partition coefficient (Wildman–Crippen LogP) is 4.61. The summed E-state index contributed by atoms with van der Waals surface area (Å²) in [6, 6.07) is 7.74. The molecule has 1 heterocycles. The van der Waals surface area contributed by atoms with Crippen molar-refractivity contribution in [2.75, 3.05) is 0 Å². The van der Waals surface area contributed by atoms with E-state index >= 15 is 0 Å². The Kier molecular flexibility index (Phi) is 2.76. The van der Waals surface area contributed by atoms with Gasteiger partial charge in [-0.3, -0.25) is 0 Å². The van der Waals surface area contributed by atoms with E-state index in [0.29, 0.717) is 0 Å². The summed E-state index contributed by atoms with van der Waals surface area (Å²) < 4.78 is 7.71. The van der Waals surface area contributed by atoms with Crippen molar-refractivity contribution in [1.29, 1.82) is 0 Å². The number of ether oxygens (including phenoxy) is 1. The average Bonchev–Trinajstić information content (AvgIpc) is 2.47. The van der Waals surface area contributed by atoms with E-state index in [9.17, 15) is 0 Å². The quantitative estimate of drug-likeness (QED) is 0.668. The molecule has 1 aliphatic heterocycles. The third-order valence-corrected chi connectivity index (χ3v) is 3.52. The van der Waals surface area contributed by atoms with Gasteiger partial charge in [-0.1, -0.05) is 28.1 Å². The van der Waals surface area contributed by atoms with Crippen LogP contribution in [0.4, 0.5) is 5.69 Å². The molecule has 0 saturated carbocycles. The summed E-state index contributed by atoms with van der Waals surface area (Å²) in [6.45, 7) is 0. The fourth-order valence-corrected chi connectivity index (χ4v) is 2.85. The molecular weight excluding hydrogens is 346 g/mol. The van der Waals surface area contributed by atoms with Crippen molar-refractivity contribution in [3.05, 3.63) is 57.2 Å². The Labute approximate surface area is 116 Å². The molecule has 0 spiro atoms. The van der Waals surface area contributed by atoms with Crippen LogP contribution in [0.3, 0.4) is 0 Å². The minimum Gasteiger partial charge on any atom is -0.452 e. The summed E-state index contributed by atoms with van der Waals surface area (Å²) in [4.78, 5) is 4.58. The minimum atomic E-state index is 0.745. The van der Waals surface area contributed by atoms with Crippen LogP contribution >= 0.6 is 31.9 Å². The average molecular weight is 353 g/mol. The van der Waals surface area contributed by atoms with Crippen LogP contribution in [0, 0.1) is 0 Å². The number of aliphatic imine (C=N–C) groups is 1. The van der Waals surface area contributed by atoms with Crippen molar-refractivity contribution < 1.29 is 4.74 Å². The Morgan fingerprint density at radius 1 is 1.06 bits per heavy atom. The predicted molar refractivity (Wildman–Crippen MR) is 76.3 cm³/mol. The summed E-state index contributed by atoms with van der Waals surface area (Å²) in [5.74, 6) is 1.53. The zero-order chi connectivity index (χ0) is 11.8. The van der Waals surface area contributed by atoms with Gasteiger partial charge in [0.05, 0.1) is 4.48 Å². The van der Waals surface area contributed by atoms with Gasteiger partial charge in [-0.2, -0.15) is 0 Å². The largest absolute Gasteiger partial charge is 0.452 e. The van der Waals surface area contributed by atoms with Crippen molar-refractivity contribution in [3.63, 3.8) is 0 Å². The van der Waals surface area contributed by atoms with Crippen LogP contribution in [-0.4, -0.2) is 5.71 Å². The standard InChI is InChI=1S/C13H7Br2NO/c14-8-5-6-11-13(9(15)7-8)17-12-4-2-1-3-10(12)16-11/h1-7H. The van der Waals surface area contributed by atoms with Crippen molar-refractivity contribution in [2.45, 2.75) is 0 Å². The third-order valence-electron chi connectivity index (χ3n) is 2.43. The first-order valence-corrected chi connectivity index (χ1v) is 6.63. The lowest BCUT2D eigenvalue weighted by atomic mass is 10.2. The van der Waals surface area contributed by atoms with Gasteiger partial charge in [0.2, 0.25) is 0 Å². The number of hydrogen-bond acceptors (Lipinski definition) is 2. The van der Waals surface area contributed by atoms with Crippen molar-refractivity contribution >= 4 is 43.3 Å². The minimum absolute atomic E-state index is 0.745. The number of benzene rings is 1. The molecule has 3 rings (SSSR count). The van der Waals surface area contributed by atoms with E-state index in [1.54, 1.807) is 0 Å². The zero-order valence-electron chi connectivity index (χ0n) is 8.65. The molecular formula is C13H7Br2NO. The fraction of sp³-hybridized carbons (Fsp3) is 0. The highest BCUT2D eigenvalue weighted by Gasteiger charge is 2.20. The molecule has 0 aromatic heterocycles. The maximum Gasteiger partial charge on any atom is 0.167 e. The van der Waals surface area contributed by atoms with Gasteiger partial charge in [0.25, 0.3) is 0 Å². The molecule has 0 saturated heterocycles. The van der Waals surface area contributed by atoms with Crippen molar-refractivity contribution in [1.82, 2.24) is 0 Å². The van der Waals surface area contributed by atoms with Crippen LogP contribution in [0.25, 0.3) is 0 Å². The first kappa shape index (κ1) is 11.0. The number of nitrogens with zero attached hydrogens (tertiary/aromatic N) is 1. The molecule has 0 radical (unpaired) electrons. The number of fused-ring (bicyclic) bond motifs is 2. The molecule has 0 fully saturated rings. The first-order chi connectivity index (χ1) is 8.24. The van der Waals surface area contributed by atoms with Gasteiger partial charge < -0.3 is 4.74 Å². The van der Waals surface area contributed by atoms with E-state index in [-0.39, 0.29) is 0 Å². The molecule has 0 unspecified atom stereocenters. The second-order valence-corrected chi connectivity index (χ2v) is 5.38. The molecule has 0 bridgehead atoms. The highest BCUT2D eigenvalue weighted by atomic mass is 79.9. The highest BCUT2D eigenvalue weighted by molar-refractivity contribution is 9.12. The van der Waals surface area contributed by atoms with Gasteiger partial charge in [-0.15, -0.1) is 0 Å². The lowest BCUT2D eigenvalue weighted by molar-refractivity contribution is 0.450. The normalized spacial score (nSPS) is 17.5. The van der Waals surface area contributed by atoms with Crippen LogP contribution < -0.4 is 4.74 Å². The van der Waals surface area contributed by atoms with Crippen LogP contribution in [0.5, 0.6) is 5.75 Å². The molecule has 1 aliphatic carbocycles. The van der Waals surface area contributed by atoms with E-state index in [2.05, 4.69) is 36.9 Å². The topological polar surface area (TPSA) is 21.6 Å². The number of halogens is 2. The highest BCUT2D eigenvalue weighted by Crippen LogP contribution is 2.36. The third kappa shape index (κ3) is 2.03. The summed E-state index contributed by atoms with van der Waals surface area (Å²) in [7, 11) is 0. The molecule has 17 heavy (non-hydrogen) atoms. The second-order valence-electron chi connectivity index (χ2n) is 3.61. The van der Waals surface area contributed by atoms with Gasteiger partial charge in [-0.25, -0.2) is 4.99 Å². The molecule has 0 amide bonds. The first-order valence-electron chi connectivity index (χ1n) is 5.05. The van der Waals surface area contributed by atoms with E-state index in [1.807, 2.05) is 42.5 Å². The maximum atomic E-state index is 5.86. The van der Waals surface area contributed by atoms with Crippen LogP contribution in [0.1, 0.15) is 0 Å².